The van der Waals surface area contributed by atoms with Crippen LogP contribution in [0.25, 0.3) is 0 Å². The van der Waals surface area contributed by atoms with E-state index in [0.717, 1.165) is 61.0 Å². The fourth-order valence-electron chi connectivity index (χ4n) is 5.02. The topological polar surface area (TPSA) is 61.3 Å². The number of rotatable bonds is 1. The van der Waals surface area contributed by atoms with Crippen LogP contribution in [0.5, 0.6) is 0 Å². The maximum Gasteiger partial charge on any atom is 0.135 e. The number of benzene rings is 1. The second-order valence-corrected chi connectivity index (χ2v) is 8.40. The van der Waals surface area contributed by atoms with Gasteiger partial charge in [-0.05, 0) is 48.9 Å². The quantitative estimate of drug-likeness (QED) is 0.680. The number of aliphatic hydroxyl groups is 1. The summed E-state index contributed by atoms with van der Waals surface area (Å²) in [6.45, 7) is 5.06. The van der Waals surface area contributed by atoms with Crippen LogP contribution in [0, 0.1) is 0 Å². The minimum Gasteiger partial charge on any atom is -0.387 e. The van der Waals surface area contributed by atoms with Crippen molar-refractivity contribution in [2.45, 2.75) is 43.6 Å². The molecule has 152 valence electrons. The van der Waals surface area contributed by atoms with Crippen molar-refractivity contribution in [3.05, 3.63) is 46.4 Å². The molecule has 2 atom stereocenters. The largest absolute Gasteiger partial charge is 0.387 e. The molecular formula is C20H25Cl3N4O. The van der Waals surface area contributed by atoms with Crippen molar-refractivity contribution < 1.29 is 5.11 Å². The van der Waals surface area contributed by atoms with Crippen molar-refractivity contribution in [2.75, 3.05) is 29.9 Å². The third-order valence-corrected chi connectivity index (χ3v) is 6.70. The number of piperidine rings is 1. The number of nitrogens with zero attached hydrogens (tertiary/aromatic N) is 3. The Morgan fingerprint density at radius 3 is 2.71 bits per heavy atom. The lowest BCUT2D eigenvalue weighted by Crippen LogP contribution is -2.44. The van der Waals surface area contributed by atoms with Gasteiger partial charge in [0.25, 0.3) is 0 Å². The van der Waals surface area contributed by atoms with Crippen molar-refractivity contribution >= 4 is 47.9 Å². The molecule has 0 bridgehead atoms. The third kappa shape index (κ3) is 3.22. The fourth-order valence-corrected chi connectivity index (χ4v) is 5.19. The van der Waals surface area contributed by atoms with Gasteiger partial charge >= 0.3 is 0 Å². The summed E-state index contributed by atoms with van der Waals surface area (Å²) in [7, 11) is 0. The van der Waals surface area contributed by atoms with Gasteiger partial charge in [0.05, 0.1) is 11.8 Å². The molecule has 5 rings (SSSR count). The maximum absolute atomic E-state index is 10.2. The van der Waals surface area contributed by atoms with Crippen molar-refractivity contribution in [1.29, 1.82) is 0 Å². The van der Waals surface area contributed by atoms with Crippen LogP contribution in [0.4, 0.5) is 11.5 Å². The number of hydrogen-bond donors (Lipinski definition) is 2. The van der Waals surface area contributed by atoms with E-state index in [0.29, 0.717) is 5.92 Å². The summed E-state index contributed by atoms with van der Waals surface area (Å²) in [4.78, 5) is 11.3. The monoisotopic (exact) mass is 442 g/mol. The summed E-state index contributed by atoms with van der Waals surface area (Å²) in [6, 6.07) is 6.19. The summed E-state index contributed by atoms with van der Waals surface area (Å²) in [5.41, 5.74) is 4.72. The number of halogens is 3. The first-order valence-electron chi connectivity index (χ1n) is 9.39. The summed E-state index contributed by atoms with van der Waals surface area (Å²) >= 11 is 6.27. The van der Waals surface area contributed by atoms with Crippen molar-refractivity contribution in [3.63, 3.8) is 0 Å². The number of anilines is 2. The molecule has 3 aliphatic rings. The van der Waals surface area contributed by atoms with Crippen LogP contribution in [0.3, 0.4) is 0 Å². The summed E-state index contributed by atoms with van der Waals surface area (Å²) in [5.74, 6) is 1.32. The van der Waals surface area contributed by atoms with Gasteiger partial charge in [-0.15, -0.1) is 24.8 Å². The molecular weight excluding hydrogens is 419 g/mol. The molecule has 8 heteroatoms. The van der Waals surface area contributed by atoms with Gasteiger partial charge in [0.15, 0.2) is 0 Å². The Morgan fingerprint density at radius 2 is 1.96 bits per heavy atom. The molecule has 0 saturated carbocycles. The zero-order valence-electron chi connectivity index (χ0n) is 15.7. The van der Waals surface area contributed by atoms with Crippen LogP contribution in [0.1, 0.15) is 55.0 Å². The van der Waals surface area contributed by atoms with Crippen molar-refractivity contribution in [3.8, 4) is 0 Å². The first kappa shape index (κ1) is 21.4. The predicted molar refractivity (Wildman–Crippen MR) is 118 cm³/mol. The molecule has 3 heterocycles. The molecule has 1 spiro atoms. The Morgan fingerprint density at radius 1 is 1.21 bits per heavy atom. The van der Waals surface area contributed by atoms with Crippen LogP contribution in [-0.2, 0) is 5.41 Å². The molecule has 5 nitrogen and oxygen atoms in total. The molecule has 2 N–H and O–H groups in total. The Balaban J connectivity index is 0.00000112. The van der Waals surface area contributed by atoms with Gasteiger partial charge in [-0.2, -0.15) is 0 Å². The zero-order valence-corrected chi connectivity index (χ0v) is 18.1. The molecule has 1 saturated heterocycles. The minimum atomic E-state index is -0.453. The molecule has 0 amide bonds. The smallest absolute Gasteiger partial charge is 0.135 e. The van der Waals surface area contributed by atoms with Crippen LogP contribution in [0.15, 0.2) is 24.5 Å². The normalized spacial score (nSPS) is 24.0. The third-order valence-electron chi connectivity index (χ3n) is 6.47. The van der Waals surface area contributed by atoms with Crippen molar-refractivity contribution in [1.82, 2.24) is 9.97 Å². The van der Waals surface area contributed by atoms with Gasteiger partial charge < -0.3 is 15.3 Å². The van der Waals surface area contributed by atoms with E-state index < -0.39 is 6.10 Å². The van der Waals surface area contributed by atoms with Crippen LogP contribution in [-0.4, -0.2) is 34.7 Å². The summed E-state index contributed by atoms with van der Waals surface area (Å²) in [5, 5.41) is 14.6. The van der Waals surface area contributed by atoms with E-state index in [9.17, 15) is 5.11 Å². The van der Waals surface area contributed by atoms with Crippen LogP contribution in [0.2, 0.25) is 5.02 Å². The average Bonchev–Trinajstić information content (AvgIpc) is 3.14. The Hall–Kier alpha value is -1.27. The van der Waals surface area contributed by atoms with E-state index in [1.54, 1.807) is 6.33 Å². The SMILES string of the molecule is C[C@@H]1C[C@@H](O)c2ncnc(N3CCC4(CC3)CNc3ccc(Cl)cc34)c21.Cl.Cl. The molecule has 2 aliphatic heterocycles. The standard InChI is InChI=1S/C20H23ClN4O.2ClH/c1-12-8-16(26)18-17(12)19(24-11-23-18)25-6-4-20(5-7-25)10-22-15-3-2-13(21)9-14(15)20;;/h2-3,9,11-12,16,22,26H,4-8,10H2,1H3;2*1H/t12-,16-;;/m1../s1. The van der Waals surface area contributed by atoms with Crippen molar-refractivity contribution in [2.24, 2.45) is 0 Å². The number of fused-ring (bicyclic) bond motifs is 3. The van der Waals surface area contributed by atoms with E-state index in [1.165, 1.54) is 11.3 Å². The zero-order chi connectivity index (χ0) is 17.9. The van der Waals surface area contributed by atoms with E-state index >= 15 is 0 Å². The minimum absolute atomic E-state index is 0. The molecule has 28 heavy (non-hydrogen) atoms. The molecule has 1 aromatic carbocycles. The molecule has 0 unspecified atom stereocenters. The molecule has 1 aromatic heterocycles. The van der Waals surface area contributed by atoms with Crippen LogP contribution < -0.4 is 10.2 Å². The lowest BCUT2D eigenvalue weighted by atomic mass is 9.74. The fraction of sp³-hybridized carbons (Fsp3) is 0.500. The van der Waals surface area contributed by atoms with E-state index in [1.807, 2.05) is 6.07 Å². The lowest BCUT2D eigenvalue weighted by molar-refractivity contribution is 0.170. The molecule has 1 aliphatic carbocycles. The van der Waals surface area contributed by atoms with Gasteiger partial charge in [0.1, 0.15) is 12.1 Å². The molecule has 1 fully saturated rings. The van der Waals surface area contributed by atoms with Gasteiger partial charge in [-0.3, -0.25) is 0 Å². The first-order valence-corrected chi connectivity index (χ1v) is 9.77. The predicted octanol–water partition coefficient (Wildman–Crippen LogP) is 4.48. The summed E-state index contributed by atoms with van der Waals surface area (Å²) < 4.78 is 0. The summed E-state index contributed by atoms with van der Waals surface area (Å²) in [6.07, 6.45) is 4.04. The Kier molecular flexibility index (Phi) is 6.02. The highest BCUT2D eigenvalue weighted by Crippen LogP contribution is 2.47. The average molecular weight is 444 g/mol. The maximum atomic E-state index is 10.2. The van der Waals surface area contributed by atoms with E-state index in [2.05, 4.69) is 39.2 Å². The first-order chi connectivity index (χ1) is 12.6. The number of aliphatic hydroxyl groups excluding tert-OH is 1. The number of nitrogens with one attached hydrogen (secondary N) is 1. The van der Waals surface area contributed by atoms with Gasteiger partial charge in [0.2, 0.25) is 0 Å². The second-order valence-electron chi connectivity index (χ2n) is 7.96. The Labute approximate surface area is 182 Å². The second kappa shape index (κ2) is 7.86. The lowest BCUT2D eigenvalue weighted by Gasteiger charge is -2.40. The highest BCUT2D eigenvalue weighted by Gasteiger charge is 2.43. The van der Waals surface area contributed by atoms with Gasteiger partial charge in [-0.25, -0.2) is 9.97 Å². The van der Waals surface area contributed by atoms with E-state index in [-0.39, 0.29) is 30.2 Å². The van der Waals surface area contributed by atoms with Crippen LogP contribution >= 0.6 is 36.4 Å². The molecule has 2 aromatic rings. The number of aromatic nitrogens is 2. The highest BCUT2D eigenvalue weighted by atomic mass is 35.5. The van der Waals surface area contributed by atoms with Gasteiger partial charge in [0, 0.05) is 41.3 Å². The molecule has 0 radical (unpaired) electrons. The number of hydrogen-bond acceptors (Lipinski definition) is 5. The Bertz CT molecular complexity index is 871. The van der Waals surface area contributed by atoms with E-state index in [4.69, 9.17) is 11.6 Å². The highest BCUT2D eigenvalue weighted by molar-refractivity contribution is 6.30. The van der Waals surface area contributed by atoms with Gasteiger partial charge in [-0.1, -0.05) is 18.5 Å².